The van der Waals surface area contributed by atoms with Crippen LogP contribution in [0.3, 0.4) is 0 Å². The molecule has 4 fully saturated rings. The van der Waals surface area contributed by atoms with Crippen LogP contribution in [0.5, 0.6) is 5.75 Å². The van der Waals surface area contributed by atoms with Gasteiger partial charge in [-0.1, -0.05) is 37.8 Å². The number of ether oxygens (including phenoxy) is 3. The predicted molar refractivity (Wildman–Crippen MR) is 161 cm³/mol. The maximum absolute atomic E-state index is 14.0. The molecule has 0 bridgehead atoms. The highest BCUT2D eigenvalue weighted by Crippen LogP contribution is 2.40. The summed E-state index contributed by atoms with van der Waals surface area (Å²) in [6.45, 7) is 5.19. The van der Waals surface area contributed by atoms with E-state index in [0.29, 0.717) is 50.9 Å². The van der Waals surface area contributed by atoms with Gasteiger partial charge in [0.15, 0.2) is 11.6 Å². The normalized spacial score (nSPS) is 24.6. The van der Waals surface area contributed by atoms with E-state index in [-0.39, 0.29) is 42.0 Å². The second-order valence-electron chi connectivity index (χ2n) is 13.3. The Morgan fingerprint density at radius 3 is 2.30 bits per heavy atom. The van der Waals surface area contributed by atoms with Gasteiger partial charge in [0.05, 0.1) is 39.5 Å². The van der Waals surface area contributed by atoms with Gasteiger partial charge in [0.2, 0.25) is 5.91 Å². The highest BCUT2D eigenvalue weighted by Gasteiger charge is 2.50. The summed E-state index contributed by atoms with van der Waals surface area (Å²) < 4.78 is 16.2. The Labute approximate surface area is 255 Å². The van der Waals surface area contributed by atoms with Crippen molar-refractivity contribution in [3.63, 3.8) is 0 Å². The van der Waals surface area contributed by atoms with Gasteiger partial charge >= 0.3 is 0 Å². The number of nitrogens with zero attached hydrogens (tertiary/aromatic N) is 1. The third-order valence-electron chi connectivity index (χ3n) is 9.79. The smallest absolute Gasteiger partial charge is 0.224 e. The number of carbonyl (C=O) groups excluding carboxylic acids is 4. The molecule has 2 aliphatic heterocycles. The van der Waals surface area contributed by atoms with Crippen molar-refractivity contribution in [3.05, 3.63) is 29.8 Å². The zero-order chi connectivity index (χ0) is 30.4. The lowest BCUT2D eigenvalue weighted by Gasteiger charge is -2.27. The van der Waals surface area contributed by atoms with Crippen LogP contribution in [0, 0.1) is 23.7 Å². The molecule has 0 aromatic heterocycles. The van der Waals surface area contributed by atoms with Crippen LogP contribution in [-0.4, -0.2) is 86.4 Å². The number of hydrogen-bond donors (Lipinski definition) is 1. The average Bonchev–Trinajstić information content (AvgIpc) is 3.94. The second-order valence-corrected chi connectivity index (χ2v) is 13.3. The van der Waals surface area contributed by atoms with Gasteiger partial charge in [-0.15, -0.1) is 0 Å². The quantitative estimate of drug-likeness (QED) is 0.272. The minimum Gasteiger partial charge on any atom is -0.497 e. The number of Topliss-reactive ketones (excluding diaryl/α,β-unsaturated/α-hetero) is 3. The highest BCUT2D eigenvalue weighted by atomic mass is 16.6. The van der Waals surface area contributed by atoms with Gasteiger partial charge in [-0.2, -0.15) is 0 Å². The molecule has 1 aromatic rings. The number of rotatable bonds is 17. The number of hydrogen-bond acceptors (Lipinski definition) is 8. The van der Waals surface area contributed by atoms with E-state index in [0.717, 1.165) is 57.2 Å². The van der Waals surface area contributed by atoms with E-state index in [9.17, 15) is 19.2 Å². The highest BCUT2D eigenvalue weighted by molar-refractivity contribution is 5.97. The third-order valence-corrected chi connectivity index (χ3v) is 9.79. The summed E-state index contributed by atoms with van der Waals surface area (Å²) in [4.78, 5) is 56.4. The SMILES string of the molecule is COc1ccc(C[C@H](NC(=O)[C@@H](CC(=O)CN2CCOCC2)C2CC2)C(=O)C[C@@H](CC2CCCC2)C(=O)[C@@]2(C)CO2)cc1. The molecule has 0 radical (unpaired) electrons. The average molecular weight is 597 g/mol. The van der Waals surface area contributed by atoms with E-state index in [2.05, 4.69) is 10.2 Å². The molecule has 4 aliphatic rings. The van der Waals surface area contributed by atoms with Crippen LogP contribution in [0.4, 0.5) is 0 Å². The maximum Gasteiger partial charge on any atom is 0.224 e. The number of methoxy groups -OCH3 is 1. The number of nitrogens with one attached hydrogen (secondary N) is 1. The first kappa shape index (κ1) is 31.8. The minimum absolute atomic E-state index is 0.00633. The number of morpholine rings is 1. The second kappa shape index (κ2) is 14.4. The summed E-state index contributed by atoms with van der Waals surface area (Å²) in [6.07, 6.45) is 7.58. The largest absolute Gasteiger partial charge is 0.497 e. The fourth-order valence-electron chi connectivity index (χ4n) is 6.81. The predicted octanol–water partition coefficient (Wildman–Crippen LogP) is 3.55. The fraction of sp³-hybridized carbons (Fsp3) is 0.706. The fourth-order valence-corrected chi connectivity index (χ4v) is 6.81. The molecular formula is C34H48N2O7. The first-order chi connectivity index (χ1) is 20.7. The topological polar surface area (TPSA) is 115 Å². The Bertz CT molecular complexity index is 1130. The molecule has 1 N–H and O–H groups in total. The molecule has 5 rings (SSSR count). The van der Waals surface area contributed by atoms with Gasteiger partial charge in [0.25, 0.3) is 0 Å². The van der Waals surface area contributed by atoms with Crippen molar-refractivity contribution in [1.29, 1.82) is 0 Å². The Morgan fingerprint density at radius 1 is 1.02 bits per heavy atom. The lowest BCUT2D eigenvalue weighted by molar-refractivity contribution is -0.135. The van der Waals surface area contributed by atoms with Gasteiger partial charge in [-0.05, 0) is 62.1 Å². The molecule has 2 heterocycles. The van der Waals surface area contributed by atoms with Crippen LogP contribution in [0.25, 0.3) is 0 Å². The zero-order valence-corrected chi connectivity index (χ0v) is 25.8. The van der Waals surface area contributed by atoms with Crippen molar-refractivity contribution >= 4 is 23.3 Å². The number of ketones is 3. The van der Waals surface area contributed by atoms with Crippen LogP contribution in [0.1, 0.15) is 70.3 Å². The van der Waals surface area contributed by atoms with E-state index >= 15 is 0 Å². The van der Waals surface area contributed by atoms with Gasteiger partial charge < -0.3 is 19.5 Å². The monoisotopic (exact) mass is 596 g/mol. The Morgan fingerprint density at radius 2 is 1.70 bits per heavy atom. The minimum atomic E-state index is -0.795. The lowest BCUT2D eigenvalue weighted by Crippen LogP contribution is -2.47. The van der Waals surface area contributed by atoms with Gasteiger partial charge in [0, 0.05) is 37.8 Å². The van der Waals surface area contributed by atoms with Crippen molar-refractivity contribution < 1.29 is 33.4 Å². The number of epoxide rings is 1. The molecule has 1 amide bonds. The van der Waals surface area contributed by atoms with E-state index < -0.39 is 23.5 Å². The molecule has 9 heteroatoms. The van der Waals surface area contributed by atoms with Crippen molar-refractivity contribution in [3.8, 4) is 5.75 Å². The van der Waals surface area contributed by atoms with Crippen LogP contribution in [0.15, 0.2) is 24.3 Å². The number of amides is 1. The molecule has 4 atom stereocenters. The molecule has 1 aromatic carbocycles. The standard InChI is InChI=1S/C34H48N2O7/c1-34(22-43-34)32(39)26(17-23-5-3-4-6-23)19-31(38)30(18-24-7-11-28(41-2)12-8-24)35-33(40)29(25-9-10-25)20-27(37)21-36-13-15-42-16-14-36/h7-8,11-12,23,25-26,29-30H,3-6,9-10,13-22H2,1-2H3,(H,35,40)/t26-,29+,30+,34-/m1/s1. The summed E-state index contributed by atoms with van der Waals surface area (Å²) in [5, 5.41) is 3.07. The van der Waals surface area contributed by atoms with Gasteiger partial charge in [-0.25, -0.2) is 0 Å². The van der Waals surface area contributed by atoms with Crippen molar-refractivity contribution in [2.45, 2.75) is 82.8 Å². The van der Waals surface area contributed by atoms with Crippen molar-refractivity contribution in [2.75, 3.05) is 46.6 Å². The first-order valence-corrected chi connectivity index (χ1v) is 16.2. The Balaban J connectivity index is 1.29. The van der Waals surface area contributed by atoms with E-state index in [1.165, 1.54) is 0 Å². The van der Waals surface area contributed by atoms with Crippen LogP contribution in [0.2, 0.25) is 0 Å². The third kappa shape index (κ3) is 8.96. The Hall–Kier alpha value is -2.62. The molecular weight excluding hydrogens is 548 g/mol. The summed E-state index contributed by atoms with van der Waals surface area (Å²) in [7, 11) is 1.60. The lowest BCUT2D eigenvalue weighted by atomic mass is 9.81. The van der Waals surface area contributed by atoms with Crippen LogP contribution < -0.4 is 10.1 Å². The van der Waals surface area contributed by atoms with E-state index in [4.69, 9.17) is 14.2 Å². The summed E-state index contributed by atoms with van der Waals surface area (Å²) >= 11 is 0. The maximum atomic E-state index is 14.0. The molecule has 2 saturated carbocycles. The molecule has 236 valence electrons. The summed E-state index contributed by atoms with van der Waals surface area (Å²) in [5.74, 6) is 0.119. The zero-order valence-electron chi connectivity index (χ0n) is 25.8. The van der Waals surface area contributed by atoms with Crippen LogP contribution in [-0.2, 0) is 35.1 Å². The molecule has 0 unspecified atom stereocenters. The van der Waals surface area contributed by atoms with E-state index in [1.807, 2.05) is 31.2 Å². The number of benzene rings is 1. The van der Waals surface area contributed by atoms with Crippen LogP contribution >= 0.6 is 0 Å². The van der Waals surface area contributed by atoms with Gasteiger partial charge in [-0.3, -0.25) is 24.1 Å². The van der Waals surface area contributed by atoms with Gasteiger partial charge in [0.1, 0.15) is 17.1 Å². The Kier molecular flexibility index (Phi) is 10.7. The van der Waals surface area contributed by atoms with Crippen molar-refractivity contribution in [1.82, 2.24) is 10.2 Å². The van der Waals surface area contributed by atoms with E-state index in [1.54, 1.807) is 7.11 Å². The molecule has 9 nitrogen and oxygen atoms in total. The van der Waals surface area contributed by atoms with Crippen molar-refractivity contribution in [2.24, 2.45) is 23.7 Å². The molecule has 2 aliphatic carbocycles. The number of carbonyl (C=O) groups is 4. The first-order valence-electron chi connectivity index (χ1n) is 16.2. The molecule has 2 saturated heterocycles. The summed E-state index contributed by atoms with van der Waals surface area (Å²) in [5.41, 5.74) is 0.0953. The molecule has 0 spiro atoms. The molecule has 43 heavy (non-hydrogen) atoms. The summed E-state index contributed by atoms with van der Waals surface area (Å²) in [6, 6.07) is 6.69.